The number of benzene rings is 1. The van der Waals surface area contributed by atoms with Crippen molar-refractivity contribution >= 4 is 5.82 Å². The van der Waals surface area contributed by atoms with Gasteiger partial charge >= 0.3 is 0 Å². The highest BCUT2D eigenvalue weighted by Crippen LogP contribution is 2.19. The van der Waals surface area contributed by atoms with Gasteiger partial charge in [-0.3, -0.25) is 9.88 Å². The molecule has 3 aromatic rings. The van der Waals surface area contributed by atoms with Crippen LogP contribution < -0.4 is 4.90 Å². The Hall–Kier alpha value is -2.79. The minimum absolute atomic E-state index is 0.798. The Kier molecular flexibility index (Phi) is 5.92. The largest absolute Gasteiger partial charge is 0.354 e. The van der Waals surface area contributed by atoms with Crippen molar-refractivity contribution in [2.24, 2.45) is 0 Å². The van der Waals surface area contributed by atoms with Crippen LogP contribution in [0.5, 0.6) is 0 Å². The van der Waals surface area contributed by atoms with Gasteiger partial charge in [-0.2, -0.15) is 0 Å². The molecule has 4 rings (SSSR count). The van der Waals surface area contributed by atoms with Crippen LogP contribution in [0.4, 0.5) is 5.82 Å². The minimum atomic E-state index is 0.798. The summed E-state index contributed by atoms with van der Waals surface area (Å²) in [5.74, 6) is 1.83. The van der Waals surface area contributed by atoms with Gasteiger partial charge in [0.1, 0.15) is 5.82 Å². The van der Waals surface area contributed by atoms with Crippen LogP contribution in [0.15, 0.2) is 61.1 Å². The lowest BCUT2D eigenvalue weighted by molar-refractivity contribution is 0.254. The van der Waals surface area contributed by atoms with E-state index in [1.807, 2.05) is 42.9 Å². The molecule has 1 aliphatic heterocycles. The Morgan fingerprint density at radius 2 is 1.75 bits per heavy atom. The molecule has 0 unspecified atom stereocenters. The van der Waals surface area contributed by atoms with E-state index >= 15 is 0 Å². The molecule has 144 valence electrons. The molecule has 5 nitrogen and oxygen atoms in total. The molecule has 0 bridgehead atoms. The monoisotopic (exact) mass is 373 g/mol. The molecule has 5 heteroatoms. The van der Waals surface area contributed by atoms with Crippen LogP contribution in [0.25, 0.3) is 11.4 Å². The molecular formula is C23H27N5. The van der Waals surface area contributed by atoms with Crippen molar-refractivity contribution in [3.63, 3.8) is 0 Å². The van der Waals surface area contributed by atoms with E-state index in [4.69, 9.17) is 4.98 Å². The van der Waals surface area contributed by atoms with Crippen LogP contribution in [0, 0.1) is 6.92 Å². The second-order valence-electron chi connectivity index (χ2n) is 7.34. The smallest absolute Gasteiger partial charge is 0.161 e. The molecule has 0 saturated carbocycles. The van der Waals surface area contributed by atoms with E-state index in [2.05, 4.69) is 44.9 Å². The van der Waals surface area contributed by atoms with Crippen LogP contribution in [0.2, 0.25) is 0 Å². The minimum Gasteiger partial charge on any atom is -0.354 e. The number of piperazine rings is 1. The quantitative estimate of drug-likeness (QED) is 0.661. The predicted octanol–water partition coefficient (Wildman–Crippen LogP) is 3.60. The van der Waals surface area contributed by atoms with Gasteiger partial charge in [0.25, 0.3) is 0 Å². The van der Waals surface area contributed by atoms with Gasteiger partial charge in [-0.25, -0.2) is 9.97 Å². The summed E-state index contributed by atoms with van der Waals surface area (Å²) in [7, 11) is 0. The van der Waals surface area contributed by atoms with Crippen molar-refractivity contribution in [1.82, 2.24) is 19.9 Å². The van der Waals surface area contributed by atoms with E-state index in [0.29, 0.717) is 0 Å². The van der Waals surface area contributed by atoms with Gasteiger partial charge in [-0.05, 0) is 49.6 Å². The summed E-state index contributed by atoms with van der Waals surface area (Å²) in [5, 5.41) is 0. The summed E-state index contributed by atoms with van der Waals surface area (Å²) < 4.78 is 0. The molecule has 28 heavy (non-hydrogen) atoms. The van der Waals surface area contributed by atoms with Gasteiger partial charge in [-0.1, -0.05) is 30.3 Å². The van der Waals surface area contributed by atoms with Crippen molar-refractivity contribution < 1.29 is 0 Å². The molecule has 0 N–H and O–H groups in total. The lowest BCUT2D eigenvalue weighted by Gasteiger charge is -2.35. The van der Waals surface area contributed by atoms with Crippen LogP contribution in [-0.4, -0.2) is 52.6 Å². The van der Waals surface area contributed by atoms with E-state index in [1.165, 1.54) is 17.5 Å². The lowest BCUT2D eigenvalue weighted by atomic mass is 10.1. The normalized spacial score (nSPS) is 15.0. The second-order valence-corrected chi connectivity index (χ2v) is 7.34. The zero-order valence-electron chi connectivity index (χ0n) is 16.5. The van der Waals surface area contributed by atoms with Gasteiger partial charge in [-0.15, -0.1) is 0 Å². The van der Waals surface area contributed by atoms with E-state index in [9.17, 15) is 0 Å². The van der Waals surface area contributed by atoms with Crippen LogP contribution >= 0.6 is 0 Å². The van der Waals surface area contributed by atoms with Crippen molar-refractivity contribution in [2.75, 3.05) is 37.6 Å². The third kappa shape index (κ3) is 4.54. The molecule has 1 aromatic carbocycles. The SMILES string of the molecule is Cc1ccncc1CCCN1CCN(c2ccnc(-c3ccccc3)n2)CC1. The first-order chi connectivity index (χ1) is 13.8. The summed E-state index contributed by atoms with van der Waals surface area (Å²) >= 11 is 0. The van der Waals surface area contributed by atoms with Crippen molar-refractivity contribution in [2.45, 2.75) is 19.8 Å². The van der Waals surface area contributed by atoms with Gasteiger partial charge in [0.2, 0.25) is 0 Å². The van der Waals surface area contributed by atoms with Crippen molar-refractivity contribution in [3.05, 3.63) is 72.2 Å². The average Bonchev–Trinajstić information content (AvgIpc) is 2.76. The number of hydrogen-bond acceptors (Lipinski definition) is 5. The second kappa shape index (κ2) is 8.93. The molecule has 2 aromatic heterocycles. The van der Waals surface area contributed by atoms with Crippen LogP contribution in [0.3, 0.4) is 0 Å². The van der Waals surface area contributed by atoms with Crippen LogP contribution in [-0.2, 0) is 6.42 Å². The predicted molar refractivity (Wildman–Crippen MR) is 113 cm³/mol. The molecule has 1 aliphatic rings. The summed E-state index contributed by atoms with van der Waals surface area (Å²) in [4.78, 5) is 18.4. The molecule has 0 radical (unpaired) electrons. The maximum atomic E-state index is 4.79. The Labute approximate surface area is 167 Å². The van der Waals surface area contributed by atoms with Gasteiger partial charge in [0.05, 0.1) is 0 Å². The highest BCUT2D eigenvalue weighted by molar-refractivity contribution is 5.57. The molecule has 0 atom stereocenters. The van der Waals surface area contributed by atoms with Gasteiger partial charge in [0, 0.05) is 50.3 Å². The summed E-state index contributed by atoms with van der Waals surface area (Å²) in [6.07, 6.45) is 8.03. The first-order valence-electron chi connectivity index (χ1n) is 10.0. The average molecular weight is 374 g/mol. The number of aryl methyl sites for hydroxylation is 2. The molecule has 3 heterocycles. The fraction of sp³-hybridized carbons (Fsp3) is 0.348. The van der Waals surface area contributed by atoms with Crippen molar-refractivity contribution in [1.29, 1.82) is 0 Å². The Morgan fingerprint density at radius 3 is 2.54 bits per heavy atom. The Bertz CT molecular complexity index is 888. The van der Waals surface area contributed by atoms with E-state index in [0.717, 1.165) is 56.4 Å². The van der Waals surface area contributed by atoms with Gasteiger partial charge in [0.15, 0.2) is 5.82 Å². The Balaban J connectivity index is 1.29. The molecule has 0 amide bonds. The lowest BCUT2D eigenvalue weighted by Crippen LogP contribution is -2.47. The number of hydrogen-bond donors (Lipinski definition) is 0. The number of nitrogens with zero attached hydrogens (tertiary/aromatic N) is 5. The molecular weight excluding hydrogens is 346 g/mol. The van der Waals surface area contributed by atoms with Crippen LogP contribution in [0.1, 0.15) is 17.5 Å². The number of anilines is 1. The standard InChI is InChI=1S/C23H27N5/c1-19-9-11-24-18-21(19)8-5-13-27-14-16-28(17-15-27)22-10-12-25-23(26-22)20-6-3-2-4-7-20/h2-4,6-7,9-12,18H,5,8,13-17H2,1H3. The van der Waals surface area contributed by atoms with E-state index in [-0.39, 0.29) is 0 Å². The number of aromatic nitrogens is 3. The van der Waals surface area contributed by atoms with Crippen molar-refractivity contribution in [3.8, 4) is 11.4 Å². The molecule has 0 spiro atoms. The fourth-order valence-electron chi connectivity index (χ4n) is 3.70. The maximum absolute atomic E-state index is 4.79. The summed E-state index contributed by atoms with van der Waals surface area (Å²) in [6, 6.07) is 14.3. The maximum Gasteiger partial charge on any atom is 0.161 e. The molecule has 0 aliphatic carbocycles. The summed E-state index contributed by atoms with van der Waals surface area (Å²) in [5.41, 5.74) is 3.78. The van der Waals surface area contributed by atoms with E-state index in [1.54, 1.807) is 0 Å². The number of pyridine rings is 1. The first kappa shape index (κ1) is 18.6. The summed E-state index contributed by atoms with van der Waals surface area (Å²) in [6.45, 7) is 7.49. The highest BCUT2D eigenvalue weighted by Gasteiger charge is 2.18. The highest BCUT2D eigenvalue weighted by atomic mass is 15.3. The molecule has 1 fully saturated rings. The zero-order valence-corrected chi connectivity index (χ0v) is 16.5. The molecule has 1 saturated heterocycles. The number of rotatable bonds is 6. The topological polar surface area (TPSA) is 45.2 Å². The van der Waals surface area contributed by atoms with Gasteiger partial charge < -0.3 is 4.90 Å². The Morgan fingerprint density at radius 1 is 0.929 bits per heavy atom. The fourth-order valence-corrected chi connectivity index (χ4v) is 3.70. The third-order valence-corrected chi connectivity index (χ3v) is 5.44. The first-order valence-corrected chi connectivity index (χ1v) is 10.0. The third-order valence-electron chi connectivity index (χ3n) is 5.44. The zero-order chi connectivity index (χ0) is 19.2. The van der Waals surface area contributed by atoms with E-state index < -0.39 is 0 Å².